The van der Waals surface area contributed by atoms with Crippen molar-refractivity contribution in [2.24, 2.45) is 0 Å². The molecule has 0 saturated carbocycles. The zero-order chi connectivity index (χ0) is 17.2. The maximum absolute atomic E-state index is 4.82. The van der Waals surface area contributed by atoms with Gasteiger partial charge in [-0.15, -0.1) is 5.10 Å². The first-order chi connectivity index (χ1) is 12.2. The normalized spacial score (nSPS) is 21.0. The minimum atomic E-state index is 0.739. The standard InChI is InChI=1S/C18H29N7/c1-15-13-17(24-7-5-3-4-6-8-24)25-18(19-15)20-16(21-25)14-23-11-9-22(2)10-12-23/h13H,3-12,14H2,1-2H3. The summed E-state index contributed by atoms with van der Waals surface area (Å²) in [5.74, 6) is 2.78. The van der Waals surface area contributed by atoms with Gasteiger partial charge in [0.05, 0.1) is 6.54 Å². The van der Waals surface area contributed by atoms with Crippen molar-refractivity contribution in [2.75, 3.05) is 51.2 Å². The molecule has 2 aliphatic heterocycles. The number of likely N-dealkylation sites (N-methyl/N-ethyl adjacent to an activating group) is 1. The van der Waals surface area contributed by atoms with Gasteiger partial charge in [0.1, 0.15) is 5.82 Å². The van der Waals surface area contributed by atoms with Crippen molar-refractivity contribution in [3.05, 3.63) is 17.6 Å². The van der Waals surface area contributed by atoms with E-state index < -0.39 is 0 Å². The van der Waals surface area contributed by atoms with E-state index >= 15 is 0 Å². The molecular formula is C18H29N7. The first-order valence-electron chi connectivity index (χ1n) is 9.58. The summed E-state index contributed by atoms with van der Waals surface area (Å²) in [5, 5.41) is 4.82. The molecule has 0 aliphatic carbocycles. The molecular weight excluding hydrogens is 314 g/mol. The van der Waals surface area contributed by atoms with E-state index in [4.69, 9.17) is 10.1 Å². The molecule has 2 aromatic heterocycles. The molecule has 2 aliphatic rings. The van der Waals surface area contributed by atoms with Gasteiger partial charge in [-0.2, -0.15) is 9.50 Å². The molecule has 0 N–H and O–H groups in total. The van der Waals surface area contributed by atoms with E-state index in [-0.39, 0.29) is 0 Å². The summed E-state index contributed by atoms with van der Waals surface area (Å²) in [6.45, 7) is 9.47. The number of anilines is 1. The summed E-state index contributed by atoms with van der Waals surface area (Å²) in [7, 11) is 2.18. The van der Waals surface area contributed by atoms with Crippen LogP contribution in [0.1, 0.15) is 37.2 Å². The fourth-order valence-corrected chi connectivity index (χ4v) is 3.81. The van der Waals surface area contributed by atoms with E-state index in [9.17, 15) is 0 Å². The maximum atomic E-state index is 4.82. The lowest BCUT2D eigenvalue weighted by Gasteiger charge is -2.31. The molecule has 2 aromatic rings. The van der Waals surface area contributed by atoms with Gasteiger partial charge in [-0.1, -0.05) is 12.8 Å². The number of rotatable bonds is 3. The van der Waals surface area contributed by atoms with Crippen LogP contribution in [0.25, 0.3) is 5.78 Å². The monoisotopic (exact) mass is 343 g/mol. The highest BCUT2D eigenvalue weighted by Crippen LogP contribution is 2.21. The second kappa shape index (κ2) is 7.25. The van der Waals surface area contributed by atoms with Crippen molar-refractivity contribution < 1.29 is 0 Å². The molecule has 4 rings (SSSR count). The summed E-state index contributed by atoms with van der Waals surface area (Å²) in [4.78, 5) is 16.6. The van der Waals surface area contributed by atoms with Gasteiger partial charge in [0.25, 0.3) is 5.78 Å². The molecule has 0 radical (unpaired) electrons. The predicted molar refractivity (Wildman–Crippen MR) is 99.0 cm³/mol. The average Bonchev–Trinajstić information content (AvgIpc) is 2.81. The highest BCUT2D eigenvalue weighted by atomic mass is 15.4. The molecule has 7 nitrogen and oxygen atoms in total. The van der Waals surface area contributed by atoms with Crippen molar-refractivity contribution in [1.29, 1.82) is 0 Å². The maximum Gasteiger partial charge on any atom is 0.254 e. The van der Waals surface area contributed by atoms with Crippen LogP contribution in [0.5, 0.6) is 0 Å². The molecule has 0 aromatic carbocycles. The first-order valence-corrected chi connectivity index (χ1v) is 9.58. The number of nitrogens with zero attached hydrogens (tertiary/aromatic N) is 7. The zero-order valence-electron chi connectivity index (χ0n) is 15.5. The van der Waals surface area contributed by atoms with E-state index in [0.29, 0.717) is 0 Å². The Morgan fingerprint density at radius 2 is 1.64 bits per heavy atom. The van der Waals surface area contributed by atoms with Crippen LogP contribution in [0.3, 0.4) is 0 Å². The van der Waals surface area contributed by atoms with Crippen LogP contribution in [-0.4, -0.2) is 75.7 Å². The quantitative estimate of drug-likeness (QED) is 0.843. The minimum absolute atomic E-state index is 0.739. The Kier molecular flexibility index (Phi) is 4.85. The minimum Gasteiger partial charge on any atom is -0.356 e. The van der Waals surface area contributed by atoms with Crippen molar-refractivity contribution in [1.82, 2.24) is 29.4 Å². The third kappa shape index (κ3) is 3.77. The second-order valence-electron chi connectivity index (χ2n) is 7.48. The van der Waals surface area contributed by atoms with Gasteiger partial charge >= 0.3 is 0 Å². The van der Waals surface area contributed by atoms with Gasteiger partial charge in [0.2, 0.25) is 0 Å². The number of hydrogen-bond acceptors (Lipinski definition) is 6. The Labute approximate surface area is 149 Å². The smallest absolute Gasteiger partial charge is 0.254 e. The number of aryl methyl sites for hydroxylation is 1. The van der Waals surface area contributed by atoms with Gasteiger partial charge in [-0.3, -0.25) is 4.90 Å². The lowest BCUT2D eigenvalue weighted by atomic mass is 10.2. The van der Waals surface area contributed by atoms with Crippen LogP contribution in [0.4, 0.5) is 5.82 Å². The first kappa shape index (κ1) is 16.7. The molecule has 0 amide bonds. The topological polar surface area (TPSA) is 52.8 Å². The van der Waals surface area contributed by atoms with Crippen LogP contribution in [-0.2, 0) is 6.54 Å². The van der Waals surface area contributed by atoms with Gasteiger partial charge in [-0.05, 0) is 26.8 Å². The van der Waals surface area contributed by atoms with Crippen LogP contribution < -0.4 is 4.90 Å². The molecule has 0 unspecified atom stereocenters. The summed E-state index contributed by atoms with van der Waals surface area (Å²) >= 11 is 0. The molecule has 2 saturated heterocycles. The Morgan fingerprint density at radius 3 is 2.36 bits per heavy atom. The summed E-state index contributed by atoms with van der Waals surface area (Å²) in [5.41, 5.74) is 1.02. The lowest BCUT2D eigenvalue weighted by molar-refractivity contribution is 0.145. The van der Waals surface area contributed by atoms with E-state index in [1.807, 2.05) is 4.52 Å². The summed E-state index contributed by atoms with van der Waals surface area (Å²) in [6.07, 6.45) is 5.17. The number of piperazine rings is 1. The van der Waals surface area contributed by atoms with Crippen LogP contribution >= 0.6 is 0 Å². The highest BCUT2D eigenvalue weighted by molar-refractivity contribution is 5.47. The second-order valence-corrected chi connectivity index (χ2v) is 7.48. The number of aromatic nitrogens is 4. The van der Waals surface area contributed by atoms with Crippen LogP contribution in [0, 0.1) is 6.92 Å². The molecule has 0 atom stereocenters. The Balaban J connectivity index is 1.59. The van der Waals surface area contributed by atoms with E-state index in [1.54, 1.807) is 0 Å². The molecule has 7 heteroatoms. The Morgan fingerprint density at radius 1 is 0.920 bits per heavy atom. The number of fused-ring (bicyclic) bond motifs is 1. The van der Waals surface area contributed by atoms with Crippen LogP contribution in [0.2, 0.25) is 0 Å². The van der Waals surface area contributed by atoms with Crippen molar-refractivity contribution in [3.8, 4) is 0 Å². The lowest BCUT2D eigenvalue weighted by Crippen LogP contribution is -2.44. The largest absolute Gasteiger partial charge is 0.356 e. The number of hydrogen-bond donors (Lipinski definition) is 0. The average molecular weight is 343 g/mol. The van der Waals surface area contributed by atoms with E-state index in [2.05, 4.69) is 39.7 Å². The van der Waals surface area contributed by atoms with Gasteiger partial charge in [0, 0.05) is 51.0 Å². The summed E-state index contributed by atoms with van der Waals surface area (Å²) < 4.78 is 1.96. The summed E-state index contributed by atoms with van der Waals surface area (Å²) in [6, 6.07) is 2.16. The molecule has 0 spiro atoms. The van der Waals surface area contributed by atoms with Gasteiger partial charge in [-0.25, -0.2) is 4.98 Å². The third-order valence-electron chi connectivity index (χ3n) is 5.36. The Bertz CT molecular complexity index is 710. The highest BCUT2D eigenvalue weighted by Gasteiger charge is 2.19. The molecule has 0 bridgehead atoms. The predicted octanol–water partition coefficient (Wildman–Crippen LogP) is 1.56. The Hall–Kier alpha value is -1.73. The molecule has 2 fully saturated rings. The van der Waals surface area contributed by atoms with Crippen molar-refractivity contribution in [3.63, 3.8) is 0 Å². The molecule has 25 heavy (non-hydrogen) atoms. The van der Waals surface area contributed by atoms with Crippen molar-refractivity contribution >= 4 is 11.6 Å². The van der Waals surface area contributed by atoms with Crippen molar-refractivity contribution in [2.45, 2.75) is 39.2 Å². The van der Waals surface area contributed by atoms with Gasteiger partial charge in [0.15, 0.2) is 5.82 Å². The third-order valence-corrected chi connectivity index (χ3v) is 5.36. The van der Waals surface area contributed by atoms with E-state index in [1.165, 1.54) is 25.7 Å². The fraction of sp³-hybridized carbons (Fsp3) is 0.722. The fourth-order valence-electron chi connectivity index (χ4n) is 3.81. The van der Waals surface area contributed by atoms with E-state index in [0.717, 1.165) is 68.9 Å². The SMILES string of the molecule is Cc1cc(N2CCCCCC2)n2nc(CN3CCN(C)CC3)nc2n1. The zero-order valence-corrected chi connectivity index (χ0v) is 15.5. The molecule has 136 valence electrons. The molecule has 4 heterocycles. The van der Waals surface area contributed by atoms with Crippen LogP contribution in [0.15, 0.2) is 6.07 Å². The van der Waals surface area contributed by atoms with Gasteiger partial charge < -0.3 is 9.80 Å².